The quantitative estimate of drug-likeness (QED) is 0.796. The van der Waals surface area contributed by atoms with Crippen LogP contribution in [0.4, 0.5) is 0 Å². The predicted molar refractivity (Wildman–Crippen MR) is 112 cm³/mol. The molecule has 0 amide bonds. The van der Waals surface area contributed by atoms with Crippen LogP contribution in [-0.4, -0.2) is 33.0 Å². The number of fused-ring (bicyclic) bond motifs is 2. The van der Waals surface area contributed by atoms with Gasteiger partial charge in [0, 0.05) is 0 Å². The molecule has 0 bridgehead atoms. The van der Waals surface area contributed by atoms with Crippen molar-refractivity contribution >= 4 is 17.3 Å². The summed E-state index contributed by atoms with van der Waals surface area (Å²) >= 11 is 1.64. The van der Waals surface area contributed by atoms with E-state index in [0.29, 0.717) is 0 Å². The molecule has 3 aliphatic rings. The molecule has 6 heteroatoms. The highest BCUT2D eigenvalue weighted by Crippen LogP contribution is 2.35. The minimum atomic E-state index is 0.0670. The summed E-state index contributed by atoms with van der Waals surface area (Å²) in [7, 11) is 0. The fraction of sp³-hybridized carbons (Fsp3) is 0.273. The summed E-state index contributed by atoms with van der Waals surface area (Å²) in [4.78, 5) is 4.34. The molecule has 2 aromatic heterocycles. The molecule has 28 heavy (non-hydrogen) atoms. The molecule has 1 aliphatic carbocycles. The van der Waals surface area contributed by atoms with Gasteiger partial charge in [0.15, 0.2) is 0 Å². The third kappa shape index (κ3) is 3.23. The first-order valence-corrected chi connectivity index (χ1v) is 10.8. The van der Waals surface area contributed by atoms with Crippen molar-refractivity contribution in [2.75, 3.05) is 6.26 Å². The smallest absolute Gasteiger partial charge is 0.137 e. The van der Waals surface area contributed by atoms with E-state index in [1.54, 1.807) is 18.1 Å². The molecule has 3 atom stereocenters. The maximum atomic E-state index is 6.32. The zero-order valence-electron chi connectivity index (χ0n) is 15.7. The van der Waals surface area contributed by atoms with Crippen molar-refractivity contribution in [2.24, 2.45) is 0 Å². The Hall–Kier alpha value is -2.57. The summed E-state index contributed by atoms with van der Waals surface area (Å²) in [5.41, 5.74) is 4.65. The fourth-order valence-corrected chi connectivity index (χ4v) is 4.46. The van der Waals surface area contributed by atoms with E-state index in [4.69, 9.17) is 4.74 Å². The molecule has 1 N–H and O–H groups in total. The Labute approximate surface area is 168 Å². The van der Waals surface area contributed by atoms with E-state index in [1.165, 1.54) is 11.1 Å². The van der Waals surface area contributed by atoms with Crippen LogP contribution >= 0.6 is 11.8 Å². The SMILES string of the molecule is CSc1ncnn2c([C@H]3CC[C@@H](/C=C/C4=CC5NC=CC=C5C=C4)O3)ccc12. The van der Waals surface area contributed by atoms with E-state index in [2.05, 4.69) is 64.0 Å². The molecule has 0 spiro atoms. The molecule has 142 valence electrons. The predicted octanol–water partition coefficient (Wildman–Crippen LogP) is 4.14. The summed E-state index contributed by atoms with van der Waals surface area (Å²) in [5.74, 6) is 0. The molecule has 1 saturated heterocycles. The van der Waals surface area contributed by atoms with Crippen LogP contribution in [0.3, 0.4) is 0 Å². The molecular formula is C22H22N4OS. The topological polar surface area (TPSA) is 51.5 Å². The van der Waals surface area contributed by atoms with Gasteiger partial charge in [-0.1, -0.05) is 36.5 Å². The van der Waals surface area contributed by atoms with Crippen LogP contribution in [0.5, 0.6) is 0 Å². The Morgan fingerprint density at radius 2 is 2.25 bits per heavy atom. The molecule has 4 heterocycles. The second-order valence-corrected chi connectivity index (χ2v) is 7.89. The summed E-state index contributed by atoms with van der Waals surface area (Å²) in [5, 5.41) is 8.80. The Morgan fingerprint density at radius 3 is 3.18 bits per heavy atom. The zero-order chi connectivity index (χ0) is 18.9. The highest BCUT2D eigenvalue weighted by molar-refractivity contribution is 7.98. The zero-order valence-corrected chi connectivity index (χ0v) is 16.5. The van der Waals surface area contributed by atoms with E-state index in [9.17, 15) is 0 Å². The lowest BCUT2D eigenvalue weighted by atomic mass is 9.95. The first-order valence-electron chi connectivity index (χ1n) is 9.55. The van der Waals surface area contributed by atoms with E-state index >= 15 is 0 Å². The minimum absolute atomic E-state index is 0.0670. The third-order valence-corrected chi connectivity index (χ3v) is 6.07. The van der Waals surface area contributed by atoms with Crippen LogP contribution in [0.2, 0.25) is 0 Å². The molecule has 0 aromatic carbocycles. The van der Waals surface area contributed by atoms with Crippen molar-refractivity contribution in [3.05, 3.63) is 84.0 Å². The highest BCUT2D eigenvalue weighted by Gasteiger charge is 2.27. The average Bonchev–Trinajstić information content (AvgIpc) is 3.38. The van der Waals surface area contributed by atoms with E-state index in [-0.39, 0.29) is 18.2 Å². The van der Waals surface area contributed by atoms with Crippen molar-refractivity contribution in [3.8, 4) is 0 Å². The standard InChI is InChI=1S/C22H22N4OS/c1-28-22-20-10-9-19(26(20)25-14-24-22)21-11-8-17(27-21)7-5-15-4-6-16-3-2-12-23-18(16)13-15/h2-7,9-10,12-14,17-18,21,23H,8,11H2,1H3/b7-5+/t17-,18?,21-/m1/s1. The van der Waals surface area contributed by atoms with E-state index in [0.717, 1.165) is 29.1 Å². The number of ether oxygens (including phenoxy) is 1. The molecule has 1 unspecified atom stereocenters. The Balaban J connectivity index is 1.29. The number of hydrogen-bond acceptors (Lipinski definition) is 5. The normalized spacial score (nSPS) is 26.4. The molecule has 0 saturated carbocycles. The van der Waals surface area contributed by atoms with Crippen molar-refractivity contribution < 1.29 is 4.74 Å². The summed E-state index contributed by atoms with van der Waals surface area (Å²) in [6.45, 7) is 0. The van der Waals surface area contributed by atoms with Crippen molar-refractivity contribution in [3.63, 3.8) is 0 Å². The molecular weight excluding hydrogens is 368 g/mol. The molecule has 5 rings (SSSR count). The van der Waals surface area contributed by atoms with Gasteiger partial charge in [-0.25, -0.2) is 9.50 Å². The number of dihydropyridines is 1. The maximum Gasteiger partial charge on any atom is 0.137 e. The Bertz CT molecular complexity index is 1050. The number of nitrogens with one attached hydrogen (secondary N) is 1. The van der Waals surface area contributed by atoms with Crippen LogP contribution in [0, 0.1) is 0 Å². The van der Waals surface area contributed by atoms with E-state index < -0.39 is 0 Å². The molecule has 2 aliphatic heterocycles. The average molecular weight is 391 g/mol. The number of allylic oxidation sites excluding steroid dienone is 5. The van der Waals surface area contributed by atoms with E-state index in [1.807, 2.05) is 23.0 Å². The van der Waals surface area contributed by atoms with Crippen molar-refractivity contribution in [1.29, 1.82) is 0 Å². The van der Waals surface area contributed by atoms with Gasteiger partial charge in [0.05, 0.1) is 23.4 Å². The fourth-order valence-electron chi connectivity index (χ4n) is 3.95. The maximum absolute atomic E-state index is 6.32. The Morgan fingerprint density at radius 1 is 1.29 bits per heavy atom. The Kier molecular flexibility index (Phi) is 4.66. The van der Waals surface area contributed by atoms with Crippen molar-refractivity contribution in [2.45, 2.75) is 36.1 Å². The largest absolute Gasteiger partial charge is 0.381 e. The molecule has 0 radical (unpaired) electrons. The second-order valence-electron chi connectivity index (χ2n) is 7.09. The van der Waals surface area contributed by atoms with Gasteiger partial charge in [-0.2, -0.15) is 5.10 Å². The van der Waals surface area contributed by atoms with Gasteiger partial charge in [-0.15, -0.1) is 11.8 Å². The minimum Gasteiger partial charge on any atom is -0.381 e. The lowest BCUT2D eigenvalue weighted by molar-refractivity contribution is 0.0672. The van der Waals surface area contributed by atoms with Crippen LogP contribution in [0.1, 0.15) is 24.6 Å². The number of hydrogen-bond donors (Lipinski definition) is 1. The molecule has 2 aromatic rings. The van der Waals surface area contributed by atoms with Crippen LogP contribution in [-0.2, 0) is 4.74 Å². The highest BCUT2D eigenvalue weighted by atomic mass is 32.2. The van der Waals surface area contributed by atoms with Gasteiger partial charge in [-0.05, 0) is 54.7 Å². The van der Waals surface area contributed by atoms with Crippen LogP contribution in [0.15, 0.2) is 83.4 Å². The first-order chi connectivity index (χ1) is 13.8. The summed E-state index contributed by atoms with van der Waals surface area (Å²) < 4.78 is 8.29. The van der Waals surface area contributed by atoms with Gasteiger partial charge in [-0.3, -0.25) is 0 Å². The van der Waals surface area contributed by atoms with Gasteiger partial charge in [0.25, 0.3) is 0 Å². The van der Waals surface area contributed by atoms with Crippen molar-refractivity contribution in [1.82, 2.24) is 19.9 Å². The molecule has 5 nitrogen and oxygen atoms in total. The number of thioether (sulfide) groups is 1. The van der Waals surface area contributed by atoms with Gasteiger partial charge in [0.1, 0.15) is 17.5 Å². The lowest BCUT2D eigenvalue weighted by Gasteiger charge is -2.21. The summed E-state index contributed by atoms with van der Waals surface area (Å²) in [6, 6.07) is 4.47. The van der Waals surface area contributed by atoms with Crippen LogP contribution in [0.25, 0.3) is 5.52 Å². The van der Waals surface area contributed by atoms with Gasteiger partial charge in [0.2, 0.25) is 0 Å². The monoisotopic (exact) mass is 390 g/mol. The van der Waals surface area contributed by atoms with Gasteiger partial charge >= 0.3 is 0 Å². The first kappa shape index (κ1) is 17.5. The van der Waals surface area contributed by atoms with Crippen LogP contribution < -0.4 is 5.32 Å². The second kappa shape index (κ2) is 7.45. The number of aromatic nitrogens is 3. The molecule has 1 fully saturated rings. The number of rotatable bonds is 4. The van der Waals surface area contributed by atoms with Gasteiger partial charge < -0.3 is 10.1 Å². The third-order valence-electron chi connectivity index (χ3n) is 5.37. The number of nitrogens with zero attached hydrogens (tertiary/aromatic N) is 3. The summed E-state index contributed by atoms with van der Waals surface area (Å²) in [6.07, 6.45) is 23.0. The lowest BCUT2D eigenvalue weighted by Crippen LogP contribution is -2.27.